The molecule has 0 bridgehead atoms. The molecule has 0 saturated carbocycles. The van der Waals surface area contributed by atoms with E-state index in [0.29, 0.717) is 22.9 Å². The molecule has 2 N–H and O–H groups in total. The molecule has 30 heavy (non-hydrogen) atoms. The molecule has 0 atom stereocenters. The Hall–Kier alpha value is -3.66. The van der Waals surface area contributed by atoms with Crippen LogP contribution in [-0.2, 0) is 10.2 Å². The summed E-state index contributed by atoms with van der Waals surface area (Å²) in [5, 5.41) is 0. The zero-order valence-corrected chi connectivity index (χ0v) is 17.3. The molecule has 1 aliphatic rings. The van der Waals surface area contributed by atoms with Gasteiger partial charge in [-0.3, -0.25) is 0 Å². The Bertz CT molecular complexity index is 1240. The molecular weight excluding hydrogens is 406 g/mol. The zero-order valence-electron chi connectivity index (χ0n) is 16.5. The topological polar surface area (TPSA) is 120 Å². The third kappa shape index (κ3) is 3.30. The average Bonchev–Trinajstić information content (AvgIpc) is 2.76. The number of nitrogens with zero attached hydrogens (tertiary/aromatic N) is 4. The Morgan fingerprint density at radius 2 is 1.27 bits per heavy atom. The molecule has 0 unspecified atom stereocenters. The van der Waals surface area contributed by atoms with Crippen molar-refractivity contribution in [1.82, 2.24) is 9.97 Å². The first-order valence-corrected chi connectivity index (χ1v) is 10.3. The molecule has 3 aromatic rings. The highest BCUT2D eigenvalue weighted by Gasteiger charge is 2.32. The number of ether oxygens (including phenoxy) is 2. The van der Waals surface area contributed by atoms with Gasteiger partial charge in [0, 0.05) is 18.2 Å². The van der Waals surface area contributed by atoms with Crippen LogP contribution >= 0.6 is 0 Å². The molecule has 0 aliphatic carbocycles. The van der Waals surface area contributed by atoms with Crippen LogP contribution < -0.4 is 19.5 Å². The van der Waals surface area contributed by atoms with Crippen LogP contribution in [0.1, 0.15) is 5.69 Å². The zero-order chi connectivity index (χ0) is 21.5. The van der Waals surface area contributed by atoms with Crippen LogP contribution in [0.15, 0.2) is 52.9 Å². The fraction of sp³-hybridized carbons (Fsp3) is 0.150. The predicted molar refractivity (Wildman–Crippen MR) is 114 cm³/mol. The minimum Gasteiger partial charge on any atom is -0.497 e. The van der Waals surface area contributed by atoms with E-state index in [1.54, 1.807) is 26.4 Å². The van der Waals surface area contributed by atoms with Gasteiger partial charge in [-0.15, -0.1) is 4.40 Å². The minimum absolute atomic E-state index is 0.116. The number of fused-ring (bicyclic) bond motifs is 1. The molecule has 0 radical (unpaired) electrons. The van der Waals surface area contributed by atoms with E-state index in [9.17, 15) is 8.42 Å². The van der Waals surface area contributed by atoms with Crippen molar-refractivity contribution in [3.63, 3.8) is 0 Å². The highest BCUT2D eigenvalue weighted by molar-refractivity contribution is 7.91. The predicted octanol–water partition coefficient (Wildman–Crippen LogP) is 2.23. The normalized spacial score (nSPS) is 14.6. The smallest absolute Gasteiger partial charge is 0.347 e. The van der Waals surface area contributed by atoms with Crippen molar-refractivity contribution in [2.75, 3.05) is 25.6 Å². The van der Waals surface area contributed by atoms with E-state index >= 15 is 0 Å². The lowest BCUT2D eigenvalue weighted by Gasteiger charge is -2.24. The van der Waals surface area contributed by atoms with Crippen LogP contribution in [0, 0.1) is 0 Å². The molecule has 0 fully saturated rings. The maximum atomic E-state index is 12.3. The summed E-state index contributed by atoms with van der Waals surface area (Å²) in [6.45, 7) is 0. The molecule has 2 aromatic carbocycles. The maximum absolute atomic E-state index is 12.3. The first-order valence-electron chi connectivity index (χ1n) is 8.89. The quantitative estimate of drug-likeness (QED) is 0.680. The number of aromatic nitrogens is 2. The third-order valence-electron chi connectivity index (χ3n) is 4.71. The molecular formula is C20H19N5O4S. The van der Waals surface area contributed by atoms with E-state index < -0.39 is 10.2 Å². The van der Waals surface area contributed by atoms with Crippen LogP contribution in [0.2, 0.25) is 0 Å². The molecule has 0 saturated heterocycles. The molecule has 154 valence electrons. The minimum atomic E-state index is -3.96. The molecule has 0 amide bonds. The van der Waals surface area contributed by atoms with Crippen molar-refractivity contribution >= 4 is 21.9 Å². The summed E-state index contributed by atoms with van der Waals surface area (Å²) in [7, 11) is 0.571. The van der Waals surface area contributed by atoms with Gasteiger partial charge in [-0.2, -0.15) is 8.42 Å². The van der Waals surface area contributed by atoms with Crippen LogP contribution in [0.5, 0.6) is 11.5 Å². The summed E-state index contributed by atoms with van der Waals surface area (Å²) < 4.78 is 39.5. The van der Waals surface area contributed by atoms with Crippen molar-refractivity contribution in [3.8, 4) is 34.0 Å². The summed E-state index contributed by atoms with van der Waals surface area (Å²) in [5.41, 5.74) is 8.65. The van der Waals surface area contributed by atoms with Crippen molar-refractivity contribution in [2.45, 2.75) is 0 Å². The summed E-state index contributed by atoms with van der Waals surface area (Å²) >= 11 is 0. The van der Waals surface area contributed by atoms with Gasteiger partial charge in [0.25, 0.3) is 0 Å². The van der Waals surface area contributed by atoms with E-state index in [1.165, 1.54) is 7.05 Å². The summed E-state index contributed by atoms with van der Waals surface area (Å²) in [5.74, 6) is 1.30. The van der Waals surface area contributed by atoms with Gasteiger partial charge in [0.1, 0.15) is 11.5 Å². The Morgan fingerprint density at radius 3 is 1.73 bits per heavy atom. The number of amidine groups is 1. The summed E-state index contributed by atoms with van der Waals surface area (Å²) in [6, 6.07) is 14.6. The number of rotatable bonds is 4. The first-order chi connectivity index (χ1) is 14.3. The van der Waals surface area contributed by atoms with E-state index in [4.69, 9.17) is 15.2 Å². The Kier molecular flexibility index (Phi) is 4.78. The average molecular weight is 425 g/mol. The van der Waals surface area contributed by atoms with Gasteiger partial charge in [-0.25, -0.2) is 14.3 Å². The number of hydrogen-bond acceptors (Lipinski definition) is 7. The summed E-state index contributed by atoms with van der Waals surface area (Å²) in [4.78, 5) is 9.29. The SMILES string of the molecule is COc1ccc(-c2nc3c(nc2-c2ccc(OC)cc2)N(C)S(=O)(=O)N=C3N)cc1. The van der Waals surface area contributed by atoms with Crippen LogP contribution in [0.4, 0.5) is 5.82 Å². The molecule has 1 aliphatic heterocycles. The van der Waals surface area contributed by atoms with E-state index in [-0.39, 0.29) is 17.3 Å². The second kappa shape index (κ2) is 7.30. The largest absolute Gasteiger partial charge is 0.497 e. The standard InChI is InChI=1S/C20H19N5O4S/c1-25-20-18(19(21)24-30(25,26)27)22-16(12-4-8-14(28-2)9-5-12)17(23-20)13-6-10-15(29-3)11-7-13/h4-11H,1-3H3,(H2,21,24). The van der Waals surface area contributed by atoms with Gasteiger partial charge in [0.05, 0.1) is 25.6 Å². The van der Waals surface area contributed by atoms with Gasteiger partial charge in [0.15, 0.2) is 17.3 Å². The fourth-order valence-electron chi connectivity index (χ4n) is 3.06. The first kappa shape index (κ1) is 19.6. The fourth-order valence-corrected chi connectivity index (χ4v) is 3.86. The summed E-state index contributed by atoms with van der Waals surface area (Å²) in [6.07, 6.45) is 0. The second-order valence-corrected chi connectivity index (χ2v) is 8.10. The van der Waals surface area contributed by atoms with Gasteiger partial charge in [-0.1, -0.05) is 0 Å². The lowest BCUT2D eigenvalue weighted by atomic mass is 10.0. The maximum Gasteiger partial charge on any atom is 0.347 e. The van der Waals surface area contributed by atoms with E-state index in [2.05, 4.69) is 14.4 Å². The monoisotopic (exact) mass is 425 g/mol. The van der Waals surface area contributed by atoms with Crippen molar-refractivity contribution < 1.29 is 17.9 Å². The lowest BCUT2D eigenvalue weighted by Crippen LogP contribution is -2.36. The lowest BCUT2D eigenvalue weighted by molar-refractivity contribution is 0.414. The van der Waals surface area contributed by atoms with Crippen LogP contribution in [0.25, 0.3) is 22.5 Å². The Labute approximate surface area is 174 Å². The number of hydrogen-bond donors (Lipinski definition) is 1. The number of anilines is 1. The van der Waals surface area contributed by atoms with Crippen molar-refractivity contribution in [2.24, 2.45) is 10.1 Å². The van der Waals surface area contributed by atoms with Crippen molar-refractivity contribution in [3.05, 3.63) is 54.2 Å². The Balaban J connectivity index is 1.98. The Morgan fingerprint density at radius 1 is 0.800 bits per heavy atom. The number of methoxy groups -OCH3 is 2. The van der Waals surface area contributed by atoms with Crippen molar-refractivity contribution in [1.29, 1.82) is 0 Å². The van der Waals surface area contributed by atoms with Crippen LogP contribution in [-0.4, -0.2) is 45.5 Å². The van der Waals surface area contributed by atoms with E-state index in [0.717, 1.165) is 15.4 Å². The van der Waals surface area contributed by atoms with Crippen LogP contribution in [0.3, 0.4) is 0 Å². The molecule has 10 heteroatoms. The van der Waals surface area contributed by atoms with Gasteiger partial charge in [0.2, 0.25) is 0 Å². The highest BCUT2D eigenvalue weighted by atomic mass is 32.2. The highest BCUT2D eigenvalue weighted by Crippen LogP contribution is 2.35. The molecule has 4 rings (SSSR count). The molecule has 0 spiro atoms. The van der Waals surface area contributed by atoms with Gasteiger partial charge < -0.3 is 15.2 Å². The van der Waals surface area contributed by atoms with Gasteiger partial charge >= 0.3 is 10.2 Å². The molecule has 9 nitrogen and oxygen atoms in total. The second-order valence-electron chi connectivity index (χ2n) is 6.47. The molecule has 2 heterocycles. The van der Waals surface area contributed by atoms with E-state index in [1.807, 2.05) is 36.4 Å². The number of nitrogens with two attached hydrogens (primary N) is 1. The van der Waals surface area contributed by atoms with Gasteiger partial charge in [-0.05, 0) is 48.5 Å². The third-order valence-corrected chi connectivity index (χ3v) is 6.00. The molecule has 1 aromatic heterocycles. The number of benzene rings is 2.